The molecule has 0 bridgehead atoms. The first-order valence-corrected chi connectivity index (χ1v) is 11.2. The Balaban J connectivity index is 1.50. The number of benzene rings is 4. The number of nitrogens with one attached hydrogen (secondary N) is 1. The van der Waals surface area contributed by atoms with Gasteiger partial charge in [0.05, 0.1) is 13.5 Å². The van der Waals surface area contributed by atoms with Gasteiger partial charge in [-0.1, -0.05) is 72.8 Å². The minimum atomic E-state index is -0.105. The van der Waals surface area contributed by atoms with Crippen molar-refractivity contribution in [2.45, 2.75) is 6.42 Å². The van der Waals surface area contributed by atoms with Crippen molar-refractivity contribution in [1.82, 2.24) is 0 Å². The van der Waals surface area contributed by atoms with Gasteiger partial charge in [0.1, 0.15) is 6.61 Å². The lowest BCUT2D eigenvalue weighted by Crippen LogP contribution is -2.14. The van der Waals surface area contributed by atoms with Crippen LogP contribution in [0.1, 0.15) is 5.56 Å². The van der Waals surface area contributed by atoms with E-state index in [-0.39, 0.29) is 12.3 Å². The molecule has 4 rings (SSSR count). The van der Waals surface area contributed by atoms with Crippen LogP contribution >= 0.6 is 0 Å². The first-order valence-electron chi connectivity index (χ1n) is 11.2. The fourth-order valence-electron chi connectivity index (χ4n) is 3.87. The third-order valence-corrected chi connectivity index (χ3v) is 5.44. The molecular weight excluding hydrogens is 424 g/mol. The van der Waals surface area contributed by atoms with Crippen molar-refractivity contribution in [2.24, 2.45) is 5.73 Å². The Labute approximate surface area is 200 Å². The second-order valence-corrected chi connectivity index (χ2v) is 7.84. The van der Waals surface area contributed by atoms with Crippen LogP contribution in [0, 0.1) is 0 Å². The summed E-state index contributed by atoms with van der Waals surface area (Å²) in [7, 11) is 1.58. The Morgan fingerprint density at radius 2 is 1.50 bits per heavy atom. The average Bonchev–Trinajstić information content (AvgIpc) is 2.88. The normalized spacial score (nSPS) is 10.5. The second kappa shape index (κ2) is 11.2. The number of nitrogens with two attached hydrogens (primary N) is 1. The van der Waals surface area contributed by atoms with Crippen molar-refractivity contribution in [3.63, 3.8) is 0 Å². The number of hydrogen-bond donors (Lipinski definition) is 2. The largest absolute Gasteiger partial charge is 0.493 e. The molecule has 0 atom stereocenters. The summed E-state index contributed by atoms with van der Waals surface area (Å²) >= 11 is 0. The van der Waals surface area contributed by atoms with E-state index < -0.39 is 0 Å². The number of carbonyl (C=O) groups excluding carboxylic acids is 1. The van der Waals surface area contributed by atoms with E-state index in [9.17, 15) is 4.79 Å². The van der Waals surface area contributed by atoms with E-state index >= 15 is 0 Å². The summed E-state index contributed by atoms with van der Waals surface area (Å²) in [4.78, 5) is 12.8. The summed E-state index contributed by atoms with van der Waals surface area (Å²) in [6, 6.07) is 32.0. The molecule has 5 heteroatoms. The Morgan fingerprint density at radius 1 is 0.794 bits per heavy atom. The van der Waals surface area contributed by atoms with E-state index in [4.69, 9.17) is 15.2 Å². The van der Waals surface area contributed by atoms with Crippen LogP contribution in [0.3, 0.4) is 0 Å². The van der Waals surface area contributed by atoms with Crippen molar-refractivity contribution < 1.29 is 14.3 Å². The monoisotopic (exact) mass is 452 g/mol. The molecule has 34 heavy (non-hydrogen) atoms. The molecule has 0 saturated heterocycles. The minimum Gasteiger partial charge on any atom is -0.493 e. The van der Waals surface area contributed by atoms with Crippen LogP contribution in [-0.4, -0.2) is 26.2 Å². The van der Waals surface area contributed by atoms with Gasteiger partial charge in [0, 0.05) is 12.2 Å². The van der Waals surface area contributed by atoms with Gasteiger partial charge in [-0.15, -0.1) is 0 Å². The maximum Gasteiger partial charge on any atom is 0.228 e. The summed E-state index contributed by atoms with van der Waals surface area (Å²) in [5.74, 6) is 1.09. The summed E-state index contributed by atoms with van der Waals surface area (Å²) in [5, 5.41) is 3.02. The molecule has 0 spiro atoms. The number of carbonyl (C=O) groups is 1. The minimum absolute atomic E-state index is 0.105. The molecule has 0 unspecified atom stereocenters. The topological polar surface area (TPSA) is 73.6 Å². The Hall–Kier alpha value is -4.09. The smallest absolute Gasteiger partial charge is 0.228 e. The summed E-state index contributed by atoms with van der Waals surface area (Å²) in [6.45, 7) is 0.822. The quantitative estimate of drug-likeness (QED) is 0.349. The van der Waals surface area contributed by atoms with Crippen LogP contribution in [0.4, 0.5) is 5.69 Å². The zero-order chi connectivity index (χ0) is 23.8. The van der Waals surface area contributed by atoms with Crippen LogP contribution in [0.2, 0.25) is 0 Å². The Morgan fingerprint density at radius 3 is 2.24 bits per heavy atom. The highest BCUT2D eigenvalue weighted by Crippen LogP contribution is 2.33. The van der Waals surface area contributed by atoms with E-state index in [1.807, 2.05) is 60.7 Å². The van der Waals surface area contributed by atoms with Gasteiger partial charge in [-0.3, -0.25) is 4.79 Å². The molecule has 0 aliphatic rings. The molecule has 1 amide bonds. The summed E-state index contributed by atoms with van der Waals surface area (Å²) in [5.41, 5.74) is 11.5. The lowest BCUT2D eigenvalue weighted by molar-refractivity contribution is -0.115. The molecule has 0 heterocycles. The van der Waals surface area contributed by atoms with Gasteiger partial charge < -0.3 is 20.5 Å². The molecule has 0 aliphatic heterocycles. The number of methoxy groups -OCH3 is 1. The van der Waals surface area contributed by atoms with Crippen LogP contribution in [-0.2, 0) is 11.2 Å². The third kappa shape index (κ3) is 5.63. The predicted octanol–water partition coefficient (Wildman–Crippen LogP) is 5.55. The molecule has 0 saturated carbocycles. The Bertz CT molecular complexity index is 1260. The highest BCUT2D eigenvalue weighted by molar-refractivity contribution is 5.93. The van der Waals surface area contributed by atoms with E-state index in [0.717, 1.165) is 33.5 Å². The van der Waals surface area contributed by atoms with Crippen LogP contribution in [0.25, 0.3) is 22.3 Å². The first kappa shape index (κ1) is 23.1. The van der Waals surface area contributed by atoms with Gasteiger partial charge in [-0.25, -0.2) is 0 Å². The number of hydrogen-bond acceptors (Lipinski definition) is 4. The van der Waals surface area contributed by atoms with Gasteiger partial charge in [0.2, 0.25) is 5.91 Å². The van der Waals surface area contributed by atoms with Crippen LogP contribution in [0.15, 0.2) is 97.1 Å². The van der Waals surface area contributed by atoms with Crippen LogP contribution in [0.5, 0.6) is 11.5 Å². The molecule has 0 aromatic heterocycles. The van der Waals surface area contributed by atoms with Gasteiger partial charge in [-0.05, 0) is 52.1 Å². The van der Waals surface area contributed by atoms with Crippen molar-refractivity contribution in [3.8, 4) is 33.8 Å². The molecule has 0 fully saturated rings. The van der Waals surface area contributed by atoms with E-state index in [2.05, 4.69) is 35.6 Å². The zero-order valence-electron chi connectivity index (χ0n) is 19.2. The lowest BCUT2D eigenvalue weighted by atomic mass is 9.94. The summed E-state index contributed by atoms with van der Waals surface area (Å²) < 4.78 is 11.0. The van der Waals surface area contributed by atoms with Crippen molar-refractivity contribution >= 4 is 11.6 Å². The van der Waals surface area contributed by atoms with Crippen molar-refractivity contribution in [1.29, 1.82) is 0 Å². The number of ether oxygens (including phenoxy) is 2. The summed E-state index contributed by atoms with van der Waals surface area (Å²) in [6.07, 6.45) is 0.221. The first-order chi connectivity index (χ1) is 16.7. The van der Waals surface area contributed by atoms with Crippen LogP contribution < -0.4 is 20.5 Å². The highest BCUT2D eigenvalue weighted by Gasteiger charge is 2.11. The van der Waals surface area contributed by atoms with E-state index in [1.54, 1.807) is 13.2 Å². The molecule has 4 aromatic carbocycles. The Kier molecular flexibility index (Phi) is 7.58. The number of amides is 1. The van der Waals surface area contributed by atoms with Gasteiger partial charge in [-0.2, -0.15) is 0 Å². The maximum absolute atomic E-state index is 12.8. The standard InChI is InChI=1S/C29H28N2O3/c1-33-28-18-21(14-15-27(28)34-17-16-30)19-29(32)31-24-11-7-10-23(20-24)26-13-6-5-12-25(26)22-8-3-2-4-9-22/h2-15,18,20H,16-17,19,30H2,1H3,(H,31,32). The van der Waals surface area contributed by atoms with Crippen molar-refractivity contribution in [2.75, 3.05) is 25.6 Å². The number of rotatable bonds is 9. The molecule has 172 valence electrons. The van der Waals surface area contributed by atoms with Crippen molar-refractivity contribution in [3.05, 3.63) is 103 Å². The second-order valence-electron chi connectivity index (χ2n) is 7.84. The molecule has 5 nitrogen and oxygen atoms in total. The van der Waals surface area contributed by atoms with E-state index in [0.29, 0.717) is 24.7 Å². The van der Waals surface area contributed by atoms with E-state index in [1.165, 1.54) is 0 Å². The molecule has 0 aliphatic carbocycles. The lowest BCUT2D eigenvalue weighted by Gasteiger charge is -2.13. The zero-order valence-corrected chi connectivity index (χ0v) is 19.2. The number of anilines is 1. The van der Waals surface area contributed by atoms with Gasteiger partial charge in [0.15, 0.2) is 11.5 Å². The third-order valence-electron chi connectivity index (χ3n) is 5.44. The molecular formula is C29H28N2O3. The molecule has 3 N–H and O–H groups in total. The molecule has 4 aromatic rings. The SMILES string of the molecule is COc1cc(CC(=O)Nc2cccc(-c3ccccc3-c3ccccc3)c2)ccc1OCCN. The maximum atomic E-state index is 12.8. The fraction of sp³-hybridized carbons (Fsp3) is 0.138. The van der Waals surface area contributed by atoms with Gasteiger partial charge >= 0.3 is 0 Å². The van der Waals surface area contributed by atoms with Gasteiger partial charge in [0.25, 0.3) is 0 Å². The average molecular weight is 453 g/mol. The highest BCUT2D eigenvalue weighted by atomic mass is 16.5. The molecule has 0 radical (unpaired) electrons. The predicted molar refractivity (Wildman–Crippen MR) is 137 cm³/mol. The fourth-order valence-corrected chi connectivity index (χ4v) is 3.87.